The fourth-order valence-corrected chi connectivity index (χ4v) is 3.40. The molecule has 1 N–H and O–H groups in total. The second kappa shape index (κ2) is 5.30. The summed E-state index contributed by atoms with van der Waals surface area (Å²) in [6.45, 7) is 4.58. The molecular formula is C13H16IN3S. The molecule has 0 atom stereocenters. The van der Waals surface area contributed by atoms with E-state index in [4.69, 9.17) is 12.2 Å². The molecule has 1 aromatic carbocycles. The molecule has 5 heteroatoms. The number of fused-ring (bicyclic) bond motifs is 1. The first kappa shape index (κ1) is 12.6. The van der Waals surface area contributed by atoms with E-state index in [0.29, 0.717) is 0 Å². The van der Waals surface area contributed by atoms with Gasteiger partial charge in [-0.1, -0.05) is 0 Å². The van der Waals surface area contributed by atoms with E-state index in [-0.39, 0.29) is 0 Å². The van der Waals surface area contributed by atoms with Crippen LogP contribution in [0.4, 0.5) is 0 Å². The molecule has 96 valence electrons. The fourth-order valence-electron chi connectivity index (χ4n) is 2.61. The van der Waals surface area contributed by atoms with Crippen LogP contribution in [0.25, 0.3) is 11.0 Å². The Hall–Kier alpha value is -0.400. The van der Waals surface area contributed by atoms with E-state index in [2.05, 4.69) is 55.2 Å². The number of nitrogens with zero attached hydrogens (tertiary/aromatic N) is 2. The van der Waals surface area contributed by atoms with Crippen LogP contribution in [-0.2, 0) is 6.54 Å². The Labute approximate surface area is 125 Å². The summed E-state index contributed by atoms with van der Waals surface area (Å²) in [7, 11) is 0. The van der Waals surface area contributed by atoms with Crippen molar-refractivity contribution in [3.05, 3.63) is 26.5 Å². The molecule has 0 spiro atoms. The van der Waals surface area contributed by atoms with Crippen molar-refractivity contribution in [2.24, 2.45) is 0 Å². The molecule has 0 amide bonds. The van der Waals surface area contributed by atoms with Crippen LogP contribution >= 0.6 is 34.8 Å². The minimum Gasteiger partial charge on any atom is -0.331 e. The number of hydrogen-bond donors (Lipinski definition) is 1. The molecule has 1 saturated heterocycles. The van der Waals surface area contributed by atoms with Crippen LogP contribution in [0.3, 0.4) is 0 Å². The van der Waals surface area contributed by atoms with Crippen molar-refractivity contribution in [2.75, 3.05) is 19.6 Å². The van der Waals surface area contributed by atoms with Gasteiger partial charge in [0.05, 0.1) is 11.0 Å². The van der Waals surface area contributed by atoms with Gasteiger partial charge in [0.25, 0.3) is 0 Å². The number of benzene rings is 1. The molecule has 1 aliphatic heterocycles. The molecule has 18 heavy (non-hydrogen) atoms. The monoisotopic (exact) mass is 373 g/mol. The van der Waals surface area contributed by atoms with Crippen LogP contribution in [-0.4, -0.2) is 34.1 Å². The van der Waals surface area contributed by atoms with Crippen molar-refractivity contribution in [1.82, 2.24) is 14.5 Å². The lowest BCUT2D eigenvalue weighted by atomic mass is 10.3. The van der Waals surface area contributed by atoms with Crippen molar-refractivity contribution in [2.45, 2.75) is 19.4 Å². The normalized spacial score (nSPS) is 16.7. The number of imidazole rings is 1. The van der Waals surface area contributed by atoms with E-state index >= 15 is 0 Å². The third-order valence-electron chi connectivity index (χ3n) is 3.57. The number of aromatic amines is 1. The molecule has 3 rings (SSSR count). The quantitative estimate of drug-likeness (QED) is 0.659. The Morgan fingerprint density at radius 2 is 2.00 bits per heavy atom. The van der Waals surface area contributed by atoms with Gasteiger partial charge >= 0.3 is 0 Å². The van der Waals surface area contributed by atoms with Crippen molar-refractivity contribution < 1.29 is 0 Å². The van der Waals surface area contributed by atoms with Gasteiger partial charge in [0, 0.05) is 16.7 Å². The third kappa shape index (κ3) is 2.48. The van der Waals surface area contributed by atoms with Gasteiger partial charge in [-0.25, -0.2) is 0 Å². The van der Waals surface area contributed by atoms with E-state index < -0.39 is 0 Å². The van der Waals surface area contributed by atoms with Gasteiger partial charge < -0.3 is 14.5 Å². The van der Waals surface area contributed by atoms with Crippen molar-refractivity contribution in [3.63, 3.8) is 0 Å². The van der Waals surface area contributed by atoms with Crippen LogP contribution in [0.1, 0.15) is 12.8 Å². The first-order valence-electron chi connectivity index (χ1n) is 6.34. The smallest absolute Gasteiger partial charge is 0.178 e. The van der Waals surface area contributed by atoms with Crippen molar-refractivity contribution in [3.8, 4) is 0 Å². The molecule has 2 aromatic rings. The average Bonchev–Trinajstić information content (AvgIpc) is 2.93. The van der Waals surface area contributed by atoms with E-state index in [1.54, 1.807) is 0 Å². The lowest BCUT2D eigenvalue weighted by Crippen LogP contribution is -2.24. The van der Waals surface area contributed by atoms with Gasteiger partial charge in [0.2, 0.25) is 0 Å². The minimum atomic E-state index is 0.839. The van der Waals surface area contributed by atoms with Gasteiger partial charge in [0.15, 0.2) is 4.77 Å². The van der Waals surface area contributed by atoms with Gasteiger partial charge in [-0.05, 0) is 78.9 Å². The summed E-state index contributed by atoms with van der Waals surface area (Å²) in [5.41, 5.74) is 2.37. The first-order valence-corrected chi connectivity index (χ1v) is 7.83. The van der Waals surface area contributed by atoms with Gasteiger partial charge in [-0.3, -0.25) is 0 Å². The number of halogens is 1. The molecular weight excluding hydrogens is 357 g/mol. The summed E-state index contributed by atoms with van der Waals surface area (Å²) in [4.78, 5) is 5.82. The lowest BCUT2D eigenvalue weighted by Gasteiger charge is -2.15. The molecule has 0 saturated carbocycles. The van der Waals surface area contributed by atoms with Crippen molar-refractivity contribution >= 4 is 45.8 Å². The first-order chi connectivity index (χ1) is 8.74. The highest BCUT2D eigenvalue weighted by Gasteiger charge is 2.12. The Morgan fingerprint density at radius 3 is 2.78 bits per heavy atom. The standard InChI is InChI=1S/C13H16IN3S/c14-10-3-4-12-11(9-10)15-13(18)17(12)8-7-16-5-1-2-6-16/h3-4,9H,1-2,5-8H2,(H,15,18). The summed E-state index contributed by atoms with van der Waals surface area (Å²) in [5, 5.41) is 0. The summed E-state index contributed by atoms with van der Waals surface area (Å²) in [5.74, 6) is 0. The Kier molecular flexibility index (Phi) is 3.72. The van der Waals surface area contributed by atoms with E-state index in [1.165, 1.54) is 35.0 Å². The number of H-pyrrole nitrogens is 1. The van der Waals surface area contributed by atoms with Gasteiger partial charge in [-0.2, -0.15) is 0 Å². The number of aromatic nitrogens is 2. The Bertz CT molecular complexity index is 610. The van der Waals surface area contributed by atoms with Gasteiger partial charge in [-0.15, -0.1) is 0 Å². The molecule has 2 heterocycles. The SMILES string of the molecule is S=c1[nH]c2cc(I)ccc2n1CCN1CCCC1. The lowest BCUT2D eigenvalue weighted by molar-refractivity contribution is 0.323. The molecule has 0 radical (unpaired) electrons. The third-order valence-corrected chi connectivity index (χ3v) is 4.57. The molecule has 0 aliphatic carbocycles. The highest BCUT2D eigenvalue weighted by atomic mass is 127. The Balaban J connectivity index is 1.86. The minimum absolute atomic E-state index is 0.839. The Morgan fingerprint density at radius 1 is 1.22 bits per heavy atom. The summed E-state index contributed by atoms with van der Waals surface area (Å²) >= 11 is 7.75. The maximum absolute atomic E-state index is 5.42. The maximum Gasteiger partial charge on any atom is 0.178 e. The zero-order valence-corrected chi connectivity index (χ0v) is 13.1. The zero-order chi connectivity index (χ0) is 12.5. The highest BCUT2D eigenvalue weighted by molar-refractivity contribution is 14.1. The predicted molar refractivity (Wildman–Crippen MR) is 85.5 cm³/mol. The van der Waals surface area contributed by atoms with E-state index in [0.717, 1.165) is 23.4 Å². The summed E-state index contributed by atoms with van der Waals surface area (Å²) in [6.07, 6.45) is 2.69. The number of likely N-dealkylation sites (tertiary alicyclic amines) is 1. The van der Waals surface area contributed by atoms with Crippen LogP contribution in [0.2, 0.25) is 0 Å². The molecule has 0 unspecified atom stereocenters. The number of nitrogens with one attached hydrogen (secondary N) is 1. The molecule has 1 aromatic heterocycles. The van der Waals surface area contributed by atoms with Crippen LogP contribution in [0.15, 0.2) is 18.2 Å². The zero-order valence-electron chi connectivity index (χ0n) is 10.2. The molecule has 1 fully saturated rings. The van der Waals surface area contributed by atoms with Gasteiger partial charge in [0.1, 0.15) is 0 Å². The maximum atomic E-state index is 5.42. The molecule has 3 nitrogen and oxygen atoms in total. The average molecular weight is 373 g/mol. The van der Waals surface area contributed by atoms with Crippen LogP contribution in [0, 0.1) is 8.34 Å². The highest BCUT2D eigenvalue weighted by Crippen LogP contribution is 2.18. The van der Waals surface area contributed by atoms with Crippen LogP contribution < -0.4 is 0 Å². The number of hydrogen-bond acceptors (Lipinski definition) is 2. The van der Waals surface area contributed by atoms with E-state index in [1.807, 2.05) is 0 Å². The summed E-state index contributed by atoms with van der Waals surface area (Å²) < 4.78 is 4.30. The second-order valence-electron chi connectivity index (χ2n) is 4.79. The molecule has 1 aliphatic rings. The molecule has 0 bridgehead atoms. The topological polar surface area (TPSA) is 24.0 Å². The van der Waals surface area contributed by atoms with Crippen LogP contribution in [0.5, 0.6) is 0 Å². The largest absolute Gasteiger partial charge is 0.331 e. The second-order valence-corrected chi connectivity index (χ2v) is 6.42. The summed E-state index contributed by atoms with van der Waals surface area (Å²) in [6, 6.07) is 6.45. The van der Waals surface area contributed by atoms with Crippen molar-refractivity contribution in [1.29, 1.82) is 0 Å². The number of rotatable bonds is 3. The predicted octanol–water partition coefficient (Wildman–Crippen LogP) is 3.40. The fraction of sp³-hybridized carbons (Fsp3) is 0.462. The van der Waals surface area contributed by atoms with E-state index in [9.17, 15) is 0 Å².